The van der Waals surface area contributed by atoms with E-state index in [2.05, 4.69) is 17.1 Å². The van der Waals surface area contributed by atoms with Crippen LogP contribution in [0.1, 0.15) is 32.6 Å². The highest BCUT2D eigenvalue weighted by Crippen LogP contribution is 2.31. The zero-order chi connectivity index (χ0) is 15.8. The SMILES string of the molecule is CCCCCC(=O)Nc1cc(OC)ccc1N1CCOCC1. The maximum atomic E-state index is 12.1. The average molecular weight is 306 g/mol. The second-order valence-corrected chi connectivity index (χ2v) is 5.49. The number of nitrogens with zero attached hydrogens (tertiary/aromatic N) is 1. The molecule has 0 aliphatic carbocycles. The van der Waals surface area contributed by atoms with Crippen LogP contribution in [0.2, 0.25) is 0 Å². The predicted octanol–water partition coefficient (Wildman–Crippen LogP) is 3.05. The maximum Gasteiger partial charge on any atom is 0.224 e. The molecule has 1 saturated heterocycles. The molecule has 0 aromatic heterocycles. The molecule has 1 amide bonds. The Balaban J connectivity index is 2.10. The molecule has 0 saturated carbocycles. The molecule has 0 unspecified atom stereocenters. The highest BCUT2D eigenvalue weighted by molar-refractivity contribution is 5.94. The minimum atomic E-state index is 0.0659. The molecule has 5 nitrogen and oxygen atoms in total. The number of nitrogens with one attached hydrogen (secondary N) is 1. The normalized spacial score (nSPS) is 14.7. The third-order valence-corrected chi connectivity index (χ3v) is 3.84. The first-order valence-electron chi connectivity index (χ1n) is 8.05. The van der Waals surface area contributed by atoms with Crippen molar-refractivity contribution in [2.75, 3.05) is 43.6 Å². The van der Waals surface area contributed by atoms with Gasteiger partial charge in [0, 0.05) is 25.6 Å². The molecule has 1 aliphatic rings. The third-order valence-electron chi connectivity index (χ3n) is 3.84. The summed E-state index contributed by atoms with van der Waals surface area (Å²) in [7, 11) is 1.64. The fourth-order valence-electron chi connectivity index (χ4n) is 2.57. The van der Waals surface area contributed by atoms with Crippen LogP contribution in [0, 0.1) is 0 Å². The first-order valence-corrected chi connectivity index (χ1v) is 8.05. The van der Waals surface area contributed by atoms with Gasteiger partial charge in [-0.15, -0.1) is 0 Å². The molecule has 1 aromatic rings. The second kappa shape index (κ2) is 8.63. The summed E-state index contributed by atoms with van der Waals surface area (Å²) in [5.41, 5.74) is 1.86. The van der Waals surface area contributed by atoms with Crippen molar-refractivity contribution in [3.05, 3.63) is 18.2 Å². The van der Waals surface area contributed by atoms with E-state index in [1.807, 2.05) is 18.2 Å². The van der Waals surface area contributed by atoms with Gasteiger partial charge in [-0.25, -0.2) is 0 Å². The number of unbranched alkanes of at least 4 members (excludes halogenated alkanes) is 2. The van der Waals surface area contributed by atoms with Crippen LogP contribution in [-0.4, -0.2) is 39.3 Å². The van der Waals surface area contributed by atoms with Gasteiger partial charge in [0.2, 0.25) is 5.91 Å². The van der Waals surface area contributed by atoms with Crippen molar-refractivity contribution in [1.29, 1.82) is 0 Å². The van der Waals surface area contributed by atoms with Crippen molar-refractivity contribution in [1.82, 2.24) is 0 Å². The number of benzene rings is 1. The predicted molar refractivity (Wildman–Crippen MR) is 88.8 cm³/mol. The largest absolute Gasteiger partial charge is 0.497 e. The number of hydrogen-bond donors (Lipinski definition) is 1. The molecule has 0 atom stereocenters. The topological polar surface area (TPSA) is 50.8 Å². The van der Waals surface area contributed by atoms with Gasteiger partial charge in [-0.1, -0.05) is 19.8 Å². The molecular formula is C17H26N2O3. The molecule has 2 rings (SSSR count). The first kappa shape index (κ1) is 16.6. The van der Waals surface area contributed by atoms with Crippen molar-refractivity contribution in [3.8, 4) is 5.75 Å². The molecule has 0 spiro atoms. The quantitative estimate of drug-likeness (QED) is 0.787. The Kier molecular flexibility index (Phi) is 6.52. The van der Waals surface area contributed by atoms with Crippen LogP contribution < -0.4 is 15.0 Å². The van der Waals surface area contributed by atoms with Crippen molar-refractivity contribution < 1.29 is 14.3 Å². The molecule has 1 aliphatic heterocycles. The van der Waals surface area contributed by atoms with Gasteiger partial charge in [0.1, 0.15) is 5.75 Å². The zero-order valence-corrected chi connectivity index (χ0v) is 13.6. The lowest BCUT2D eigenvalue weighted by atomic mass is 10.1. The van der Waals surface area contributed by atoms with E-state index < -0.39 is 0 Å². The van der Waals surface area contributed by atoms with Gasteiger partial charge in [0.05, 0.1) is 31.7 Å². The molecule has 1 N–H and O–H groups in total. The molecule has 22 heavy (non-hydrogen) atoms. The number of morpholine rings is 1. The van der Waals surface area contributed by atoms with Crippen LogP contribution >= 0.6 is 0 Å². The summed E-state index contributed by atoms with van der Waals surface area (Å²) >= 11 is 0. The second-order valence-electron chi connectivity index (χ2n) is 5.49. The Morgan fingerprint density at radius 3 is 2.77 bits per heavy atom. The number of methoxy groups -OCH3 is 1. The van der Waals surface area contributed by atoms with E-state index in [1.54, 1.807) is 7.11 Å². The summed E-state index contributed by atoms with van der Waals surface area (Å²) in [4.78, 5) is 14.4. The summed E-state index contributed by atoms with van der Waals surface area (Å²) in [6.45, 7) is 5.25. The third kappa shape index (κ3) is 4.63. The molecule has 1 aromatic carbocycles. The van der Waals surface area contributed by atoms with E-state index >= 15 is 0 Å². The highest BCUT2D eigenvalue weighted by atomic mass is 16.5. The maximum absolute atomic E-state index is 12.1. The number of ether oxygens (including phenoxy) is 2. The van der Waals surface area contributed by atoms with Crippen LogP contribution in [0.4, 0.5) is 11.4 Å². The van der Waals surface area contributed by atoms with Crippen molar-refractivity contribution >= 4 is 17.3 Å². The summed E-state index contributed by atoms with van der Waals surface area (Å²) < 4.78 is 10.7. The van der Waals surface area contributed by atoms with Gasteiger partial charge in [0.25, 0.3) is 0 Å². The summed E-state index contributed by atoms with van der Waals surface area (Å²) in [5, 5.41) is 3.04. The lowest BCUT2D eigenvalue weighted by Crippen LogP contribution is -2.36. The molecular weight excluding hydrogens is 280 g/mol. The number of rotatable bonds is 7. The van der Waals surface area contributed by atoms with E-state index in [-0.39, 0.29) is 5.91 Å². The van der Waals surface area contributed by atoms with Gasteiger partial charge in [-0.3, -0.25) is 4.79 Å². The van der Waals surface area contributed by atoms with Gasteiger partial charge in [0.15, 0.2) is 0 Å². The van der Waals surface area contributed by atoms with Crippen molar-refractivity contribution in [2.24, 2.45) is 0 Å². The fraction of sp³-hybridized carbons (Fsp3) is 0.588. The van der Waals surface area contributed by atoms with Gasteiger partial charge < -0.3 is 19.7 Å². The average Bonchev–Trinajstić information content (AvgIpc) is 2.56. The Morgan fingerprint density at radius 1 is 1.32 bits per heavy atom. The molecule has 1 fully saturated rings. The van der Waals surface area contributed by atoms with Crippen LogP contribution in [0.5, 0.6) is 5.75 Å². The zero-order valence-electron chi connectivity index (χ0n) is 13.6. The van der Waals surface area contributed by atoms with Crippen LogP contribution in [-0.2, 0) is 9.53 Å². The Hall–Kier alpha value is -1.75. The van der Waals surface area contributed by atoms with E-state index in [4.69, 9.17) is 9.47 Å². The van der Waals surface area contributed by atoms with Gasteiger partial charge >= 0.3 is 0 Å². The standard InChI is InChI=1S/C17H26N2O3/c1-3-4-5-6-17(20)18-15-13-14(21-2)7-8-16(15)19-9-11-22-12-10-19/h7-8,13H,3-6,9-12H2,1-2H3,(H,18,20). The van der Waals surface area contributed by atoms with E-state index in [0.717, 1.165) is 62.7 Å². The van der Waals surface area contributed by atoms with Gasteiger partial charge in [-0.05, 0) is 18.6 Å². The minimum Gasteiger partial charge on any atom is -0.497 e. The summed E-state index contributed by atoms with van der Waals surface area (Å²) in [6, 6.07) is 5.83. The first-order chi connectivity index (χ1) is 10.7. The molecule has 0 radical (unpaired) electrons. The summed E-state index contributed by atoms with van der Waals surface area (Å²) in [6.07, 6.45) is 3.69. The van der Waals surface area contributed by atoms with E-state index in [9.17, 15) is 4.79 Å². The van der Waals surface area contributed by atoms with E-state index in [0.29, 0.717) is 6.42 Å². The minimum absolute atomic E-state index is 0.0659. The molecule has 0 bridgehead atoms. The lowest BCUT2D eigenvalue weighted by molar-refractivity contribution is -0.116. The van der Waals surface area contributed by atoms with Gasteiger partial charge in [-0.2, -0.15) is 0 Å². The Bertz CT molecular complexity index is 485. The number of carbonyl (C=O) groups excluding carboxylic acids is 1. The molecule has 122 valence electrons. The van der Waals surface area contributed by atoms with Crippen molar-refractivity contribution in [3.63, 3.8) is 0 Å². The van der Waals surface area contributed by atoms with Crippen LogP contribution in [0.25, 0.3) is 0 Å². The lowest BCUT2D eigenvalue weighted by Gasteiger charge is -2.30. The number of carbonyl (C=O) groups is 1. The monoisotopic (exact) mass is 306 g/mol. The smallest absolute Gasteiger partial charge is 0.224 e. The van der Waals surface area contributed by atoms with Crippen LogP contribution in [0.3, 0.4) is 0 Å². The Morgan fingerprint density at radius 2 is 2.09 bits per heavy atom. The van der Waals surface area contributed by atoms with Crippen molar-refractivity contribution in [2.45, 2.75) is 32.6 Å². The fourth-order valence-corrected chi connectivity index (χ4v) is 2.57. The van der Waals surface area contributed by atoms with Crippen LogP contribution in [0.15, 0.2) is 18.2 Å². The molecule has 1 heterocycles. The highest BCUT2D eigenvalue weighted by Gasteiger charge is 2.16. The number of anilines is 2. The molecule has 5 heteroatoms. The Labute approximate surface area is 132 Å². The summed E-state index contributed by atoms with van der Waals surface area (Å²) in [5.74, 6) is 0.817. The number of amides is 1. The van der Waals surface area contributed by atoms with E-state index in [1.165, 1.54) is 0 Å². The number of hydrogen-bond acceptors (Lipinski definition) is 4.